The summed E-state index contributed by atoms with van der Waals surface area (Å²) in [7, 11) is -3.10. The maximum atomic E-state index is 12.8. The van der Waals surface area contributed by atoms with Crippen molar-refractivity contribution in [1.82, 2.24) is 0 Å². The molecule has 4 atom stereocenters. The first-order valence-corrected chi connectivity index (χ1v) is 13.8. The highest BCUT2D eigenvalue weighted by Gasteiger charge is 2.61. The van der Waals surface area contributed by atoms with Crippen molar-refractivity contribution < 1.29 is 27.5 Å². The zero-order valence-corrected chi connectivity index (χ0v) is 18.9. The van der Waals surface area contributed by atoms with E-state index in [1.807, 2.05) is 7.85 Å². The van der Waals surface area contributed by atoms with Crippen LogP contribution in [0.25, 0.3) is 0 Å². The molecule has 0 aliphatic carbocycles. The van der Waals surface area contributed by atoms with Crippen LogP contribution in [0.3, 0.4) is 0 Å². The fraction of sp³-hybridized carbons (Fsp3) is 1.00. The fourth-order valence-corrected chi connectivity index (χ4v) is 6.41. The largest absolute Gasteiger partial charge is 0.412 e. The Labute approximate surface area is 154 Å². The third kappa shape index (κ3) is 4.42. The molecule has 0 aromatic rings. The van der Waals surface area contributed by atoms with Gasteiger partial charge in [-0.3, -0.25) is 4.57 Å². The molecule has 2 aliphatic rings. The van der Waals surface area contributed by atoms with Crippen LogP contribution >= 0.6 is 7.60 Å². The van der Waals surface area contributed by atoms with Crippen molar-refractivity contribution in [3.63, 3.8) is 0 Å². The Hall–Kier alpha value is 0.312. The second-order valence-electron chi connectivity index (χ2n) is 8.51. The Bertz CT molecular complexity index is 507. The highest BCUT2D eigenvalue weighted by molar-refractivity contribution is 7.54. The lowest BCUT2D eigenvalue weighted by molar-refractivity contribution is -0.308. The molecular weight excluding hydrogens is 358 g/mol. The zero-order valence-electron chi connectivity index (χ0n) is 17.0. The van der Waals surface area contributed by atoms with Crippen LogP contribution in [-0.4, -0.2) is 53.1 Å². The maximum Gasteiger partial charge on any atom is 0.359 e. The molecule has 25 heavy (non-hydrogen) atoms. The van der Waals surface area contributed by atoms with Crippen molar-refractivity contribution in [2.45, 2.75) is 89.3 Å². The molecule has 2 aliphatic heterocycles. The van der Waals surface area contributed by atoms with Gasteiger partial charge >= 0.3 is 7.60 Å². The van der Waals surface area contributed by atoms with Gasteiger partial charge in [-0.25, -0.2) is 0 Å². The van der Waals surface area contributed by atoms with E-state index >= 15 is 0 Å². The van der Waals surface area contributed by atoms with E-state index in [2.05, 4.69) is 33.9 Å². The van der Waals surface area contributed by atoms with Crippen LogP contribution in [0.2, 0.25) is 18.1 Å². The minimum atomic E-state index is -3.24. The van der Waals surface area contributed by atoms with Crippen molar-refractivity contribution in [2.75, 3.05) is 13.2 Å². The standard InChI is InChI=1S/C16H34BO6PSi/c1-8-19-24(18,20-9-2)13-11-16(21-13)10-12(14(17)22-16)23-25(6,7)15(3,4)5/h12-14H,8-11,17H2,1-7H3/t12?,13?,14-,16-/m1/s1. The molecule has 0 saturated carbocycles. The lowest BCUT2D eigenvalue weighted by Gasteiger charge is -2.46. The van der Waals surface area contributed by atoms with Crippen molar-refractivity contribution in [1.29, 1.82) is 0 Å². The summed E-state index contributed by atoms with van der Waals surface area (Å²) in [6.07, 6.45) is 1.18. The van der Waals surface area contributed by atoms with Gasteiger partial charge in [0.2, 0.25) is 0 Å². The van der Waals surface area contributed by atoms with Gasteiger partial charge in [0.1, 0.15) is 7.85 Å². The topological polar surface area (TPSA) is 63.2 Å². The average molecular weight is 392 g/mol. The first-order valence-electron chi connectivity index (χ1n) is 9.30. The average Bonchev–Trinajstić information content (AvgIpc) is 2.73. The summed E-state index contributed by atoms with van der Waals surface area (Å²) in [6, 6.07) is -0.0475. The first kappa shape index (κ1) is 21.6. The summed E-state index contributed by atoms with van der Waals surface area (Å²) in [5, 5.41) is 0.144. The van der Waals surface area contributed by atoms with Crippen LogP contribution in [-0.2, 0) is 27.5 Å². The van der Waals surface area contributed by atoms with Crippen molar-refractivity contribution in [2.24, 2.45) is 0 Å². The third-order valence-corrected chi connectivity index (χ3v) is 12.2. The van der Waals surface area contributed by atoms with E-state index in [0.717, 1.165) is 0 Å². The molecule has 146 valence electrons. The van der Waals surface area contributed by atoms with Gasteiger partial charge in [-0.05, 0) is 32.0 Å². The number of hydrogen-bond acceptors (Lipinski definition) is 6. The molecule has 0 aromatic carbocycles. The summed E-state index contributed by atoms with van der Waals surface area (Å²) in [5.74, 6) is -1.26. The first-order chi connectivity index (χ1) is 11.4. The van der Waals surface area contributed by atoms with Gasteiger partial charge in [-0.1, -0.05) is 20.8 Å². The number of hydrogen-bond donors (Lipinski definition) is 0. The van der Waals surface area contributed by atoms with Crippen molar-refractivity contribution >= 4 is 23.8 Å². The van der Waals surface area contributed by atoms with Crippen LogP contribution < -0.4 is 0 Å². The Morgan fingerprint density at radius 3 is 2.12 bits per heavy atom. The number of ether oxygens (including phenoxy) is 2. The van der Waals surface area contributed by atoms with Gasteiger partial charge in [0.25, 0.3) is 0 Å². The highest BCUT2D eigenvalue weighted by Crippen LogP contribution is 2.63. The van der Waals surface area contributed by atoms with E-state index in [-0.39, 0.29) is 17.1 Å². The molecule has 2 rings (SSSR count). The lowest BCUT2D eigenvalue weighted by Crippen LogP contribution is -2.51. The molecule has 0 N–H and O–H groups in total. The summed E-state index contributed by atoms with van der Waals surface area (Å²) >= 11 is 0. The molecule has 2 saturated heterocycles. The maximum absolute atomic E-state index is 12.8. The number of rotatable bonds is 7. The molecule has 2 fully saturated rings. The van der Waals surface area contributed by atoms with Gasteiger partial charge in [0, 0.05) is 12.8 Å². The monoisotopic (exact) mass is 392 g/mol. The molecule has 0 bridgehead atoms. The lowest BCUT2D eigenvalue weighted by atomic mass is 9.93. The quantitative estimate of drug-likeness (QED) is 0.489. The Morgan fingerprint density at radius 1 is 1.16 bits per heavy atom. The summed E-state index contributed by atoms with van der Waals surface area (Å²) in [6.45, 7) is 15.4. The molecule has 9 heteroatoms. The van der Waals surface area contributed by atoms with Crippen LogP contribution in [0.4, 0.5) is 0 Å². The highest BCUT2D eigenvalue weighted by atomic mass is 31.2. The van der Waals surface area contributed by atoms with E-state index in [0.29, 0.717) is 26.1 Å². The molecular formula is C16H34BO6PSi. The second kappa shape index (κ2) is 7.38. The van der Waals surface area contributed by atoms with Crippen LogP contribution in [0.5, 0.6) is 0 Å². The molecule has 0 radical (unpaired) electrons. The van der Waals surface area contributed by atoms with E-state index in [1.165, 1.54) is 0 Å². The zero-order chi connectivity index (χ0) is 19.1. The minimum Gasteiger partial charge on any atom is -0.412 e. The SMILES string of the molecule is B[C@@H]1O[C@]2(CC1O[Si](C)(C)C(C)(C)C)CC(P(=O)(OCC)OCC)O2. The van der Waals surface area contributed by atoms with E-state index < -0.39 is 27.5 Å². The summed E-state index contributed by atoms with van der Waals surface area (Å²) in [5.41, 5.74) is 0. The van der Waals surface area contributed by atoms with Crippen LogP contribution in [0, 0.1) is 0 Å². The Kier molecular flexibility index (Phi) is 6.38. The normalized spacial score (nSPS) is 33.6. The van der Waals surface area contributed by atoms with Crippen LogP contribution in [0.15, 0.2) is 0 Å². The van der Waals surface area contributed by atoms with Gasteiger partial charge < -0.3 is 22.9 Å². The molecule has 0 aromatic heterocycles. The minimum absolute atomic E-state index is 0.000383. The molecule has 1 spiro atoms. The smallest absolute Gasteiger partial charge is 0.359 e. The van der Waals surface area contributed by atoms with Gasteiger partial charge in [0.15, 0.2) is 19.9 Å². The molecule has 2 unspecified atom stereocenters. The van der Waals surface area contributed by atoms with Crippen LogP contribution in [0.1, 0.15) is 47.5 Å². The molecule has 0 amide bonds. The predicted molar refractivity (Wildman–Crippen MR) is 103 cm³/mol. The van der Waals surface area contributed by atoms with Gasteiger partial charge in [-0.2, -0.15) is 0 Å². The van der Waals surface area contributed by atoms with Crippen molar-refractivity contribution in [3.8, 4) is 0 Å². The second-order valence-corrected chi connectivity index (χ2v) is 15.4. The van der Waals surface area contributed by atoms with E-state index in [9.17, 15) is 4.57 Å². The Morgan fingerprint density at radius 2 is 1.68 bits per heavy atom. The molecule has 6 nitrogen and oxygen atoms in total. The summed E-state index contributed by atoms with van der Waals surface area (Å²) in [4.78, 5) is 0. The van der Waals surface area contributed by atoms with E-state index in [4.69, 9.17) is 22.9 Å². The van der Waals surface area contributed by atoms with Gasteiger partial charge in [0.05, 0.1) is 25.3 Å². The summed E-state index contributed by atoms with van der Waals surface area (Å²) < 4.78 is 42.1. The fourth-order valence-electron chi connectivity index (χ4n) is 3.08. The third-order valence-electron chi connectivity index (χ3n) is 5.50. The molecule has 2 heterocycles. The van der Waals surface area contributed by atoms with Gasteiger partial charge in [-0.15, -0.1) is 0 Å². The van der Waals surface area contributed by atoms with Crippen molar-refractivity contribution in [3.05, 3.63) is 0 Å². The van der Waals surface area contributed by atoms with E-state index in [1.54, 1.807) is 13.8 Å². The predicted octanol–water partition coefficient (Wildman–Crippen LogP) is 3.47. The Balaban J connectivity index is 2.00.